The van der Waals surface area contributed by atoms with E-state index in [1.54, 1.807) is 0 Å². The van der Waals surface area contributed by atoms with Crippen LogP contribution >= 0.6 is 0 Å². The summed E-state index contributed by atoms with van der Waals surface area (Å²) in [6, 6.07) is 0. The maximum atomic E-state index is 3.66. The van der Waals surface area contributed by atoms with Gasteiger partial charge in [-0.2, -0.15) is 0 Å². The second-order valence-corrected chi connectivity index (χ2v) is 5.68. The van der Waals surface area contributed by atoms with Crippen LogP contribution in [0.15, 0.2) is 0 Å². The van der Waals surface area contributed by atoms with Crippen LogP contribution in [0.4, 0.5) is 0 Å². The zero-order chi connectivity index (χ0) is 12.3. The average molecular weight is 227 g/mol. The van der Waals surface area contributed by atoms with Crippen LogP contribution in [0.1, 0.15) is 85.5 Å². The van der Waals surface area contributed by atoms with Crippen molar-refractivity contribution in [1.29, 1.82) is 0 Å². The van der Waals surface area contributed by atoms with Gasteiger partial charge < -0.3 is 5.32 Å². The van der Waals surface area contributed by atoms with Gasteiger partial charge in [0.2, 0.25) is 0 Å². The van der Waals surface area contributed by atoms with Crippen LogP contribution < -0.4 is 5.32 Å². The van der Waals surface area contributed by atoms with E-state index >= 15 is 0 Å². The topological polar surface area (TPSA) is 12.0 Å². The molecule has 0 unspecified atom stereocenters. The molecule has 0 spiro atoms. The lowest BCUT2D eigenvalue weighted by Gasteiger charge is -2.26. The number of hydrogen-bond acceptors (Lipinski definition) is 1. The summed E-state index contributed by atoms with van der Waals surface area (Å²) in [5.74, 6) is 0. The minimum absolute atomic E-state index is 0.347. The molecule has 0 aliphatic heterocycles. The predicted octanol–water partition coefficient (Wildman–Crippen LogP) is 4.91. The van der Waals surface area contributed by atoms with Gasteiger partial charge in [0.05, 0.1) is 0 Å². The van der Waals surface area contributed by atoms with E-state index in [0.29, 0.717) is 5.54 Å². The lowest BCUT2D eigenvalue weighted by molar-refractivity contribution is 0.345. The van der Waals surface area contributed by atoms with E-state index in [2.05, 4.69) is 33.0 Å². The Kier molecular flexibility index (Phi) is 10.1. The highest BCUT2D eigenvalue weighted by molar-refractivity contribution is 4.76. The first kappa shape index (κ1) is 16.0. The van der Waals surface area contributed by atoms with Gasteiger partial charge in [-0.3, -0.25) is 0 Å². The lowest BCUT2D eigenvalue weighted by Crippen LogP contribution is -2.39. The second kappa shape index (κ2) is 10.1. The third-order valence-electron chi connectivity index (χ3n) is 3.29. The van der Waals surface area contributed by atoms with E-state index in [9.17, 15) is 0 Å². The molecule has 1 N–H and O–H groups in total. The molecule has 1 heteroatoms. The van der Waals surface area contributed by atoms with E-state index in [1.165, 1.54) is 64.3 Å². The number of rotatable bonds is 11. The van der Waals surface area contributed by atoms with Crippen molar-refractivity contribution < 1.29 is 0 Å². The fourth-order valence-electron chi connectivity index (χ4n) is 2.04. The smallest absolute Gasteiger partial charge is 0.0125 e. The lowest BCUT2D eigenvalue weighted by atomic mass is 9.96. The fourth-order valence-corrected chi connectivity index (χ4v) is 2.04. The summed E-state index contributed by atoms with van der Waals surface area (Å²) < 4.78 is 0. The normalized spacial score (nSPS) is 12.0. The molecule has 0 amide bonds. The summed E-state index contributed by atoms with van der Waals surface area (Å²) in [4.78, 5) is 0. The molecule has 0 aliphatic rings. The second-order valence-electron chi connectivity index (χ2n) is 5.68. The van der Waals surface area contributed by atoms with Gasteiger partial charge in [-0.25, -0.2) is 0 Å². The number of hydrogen-bond donors (Lipinski definition) is 1. The molecule has 98 valence electrons. The van der Waals surface area contributed by atoms with E-state index < -0.39 is 0 Å². The minimum Gasteiger partial charge on any atom is -0.312 e. The molecule has 16 heavy (non-hydrogen) atoms. The van der Waals surface area contributed by atoms with Crippen LogP contribution in [0.2, 0.25) is 0 Å². The maximum Gasteiger partial charge on any atom is 0.0125 e. The van der Waals surface area contributed by atoms with Gasteiger partial charge in [0.15, 0.2) is 0 Å². The zero-order valence-corrected chi connectivity index (χ0v) is 12.1. The zero-order valence-electron chi connectivity index (χ0n) is 12.1. The van der Waals surface area contributed by atoms with Gasteiger partial charge in [-0.15, -0.1) is 0 Å². The van der Waals surface area contributed by atoms with E-state index in [1.807, 2.05) is 0 Å². The van der Waals surface area contributed by atoms with Crippen LogP contribution in [0.25, 0.3) is 0 Å². The minimum atomic E-state index is 0.347. The van der Waals surface area contributed by atoms with E-state index in [0.717, 1.165) is 0 Å². The van der Waals surface area contributed by atoms with Gasteiger partial charge in [-0.05, 0) is 33.2 Å². The molecule has 0 aromatic carbocycles. The highest BCUT2D eigenvalue weighted by Gasteiger charge is 2.15. The van der Waals surface area contributed by atoms with Crippen LogP contribution in [0, 0.1) is 0 Å². The first-order chi connectivity index (χ1) is 7.62. The summed E-state index contributed by atoms with van der Waals surface area (Å²) in [6.07, 6.45) is 12.3. The molecule has 0 aliphatic carbocycles. The van der Waals surface area contributed by atoms with Crippen LogP contribution in [0.3, 0.4) is 0 Å². The molecule has 0 fully saturated rings. The van der Waals surface area contributed by atoms with Gasteiger partial charge in [0, 0.05) is 5.54 Å². The molecule has 0 heterocycles. The van der Waals surface area contributed by atoms with Crippen molar-refractivity contribution in [2.24, 2.45) is 0 Å². The molecule has 0 radical (unpaired) electrons. The molecule has 0 bridgehead atoms. The molecule has 0 aromatic rings. The van der Waals surface area contributed by atoms with Gasteiger partial charge in [0.25, 0.3) is 0 Å². The van der Waals surface area contributed by atoms with Crippen molar-refractivity contribution in [1.82, 2.24) is 5.32 Å². The Morgan fingerprint density at radius 2 is 1.31 bits per heavy atom. The van der Waals surface area contributed by atoms with Gasteiger partial charge >= 0.3 is 0 Å². The molecule has 1 nitrogen and oxygen atoms in total. The standard InChI is InChI=1S/C15H33N/c1-5-7-9-10-11-12-13-15(3,4)16-14-8-6-2/h16H,5-14H2,1-4H3. The third kappa shape index (κ3) is 10.5. The Hall–Kier alpha value is -0.0400. The Balaban J connectivity index is 3.35. The molecule has 0 saturated carbocycles. The molecular weight excluding hydrogens is 194 g/mol. The first-order valence-electron chi connectivity index (χ1n) is 7.37. The SMILES string of the molecule is CCCCCCCCC(C)(C)NCCCC. The molecule has 0 saturated heterocycles. The summed E-state index contributed by atoms with van der Waals surface area (Å²) in [5, 5.41) is 3.66. The predicted molar refractivity (Wildman–Crippen MR) is 75.0 cm³/mol. The average Bonchev–Trinajstić information content (AvgIpc) is 2.23. The summed E-state index contributed by atoms with van der Waals surface area (Å²) in [5.41, 5.74) is 0.347. The first-order valence-corrected chi connectivity index (χ1v) is 7.37. The third-order valence-corrected chi connectivity index (χ3v) is 3.29. The van der Waals surface area contributed by atoms with Crippen LogP contribution in [-0.2, 0) is 0 Å². The monoisotopic (exact) mass is 227 g/mol. The van der Waals surface area contributed by atoms with E-state index in [-0.39, 0.29) is 0 Å². The molecule has 0 rings (SSSR count). The highest BCUT2D eigenvalue weighted by Crippen LogP contribution is 2.15. The Morgan fingerprint density at radius 1 is 0.750 bits per heavy atom. The molecule has 0 atom stereocenters. The summed E-state index contributed by atoms with van der Waals surface area (Å²) >= 11 is 0. The quantitative estimate of drug-likeness (QED) is 0.495. The molecular formula is C15H33N. The van der Waals surface area contributed by atoms with Crippen LogP contribution in [0.5, 0.6) is 0 Å². The Morgan fingerprint density at radius 3 is 1.94 bits per heavy atom. The highest BCUT2D eigenvalue weighted by atomic mass is 14.9. The number of nitrogens with one attached hydrogen (secondary N) is 1. The Bertz CT molecular complexity index is 140. The van der Waals surface area contributed by atoms with Crippen molar-refractivity contribution >= 4 is 0 Å². The van der Waals surface area contributed by atoms with Crippen molar-refractivity contribution in [3.8, 4) is 0 Å². The van der Waals surface area contributed by atoms with Crippen LogP contribution in [-0.4, -0.2) is 12.1 Å². The fraction of sp³-hybridized carbons (Fsp3) is 1.00. The number of unbranched alkanes of at least 4 members (excludes halogenated alkanes) is 6. The maximum absolute atomic E-state index is 3.66. The van der Waals surface area contributed by atoms with Crippen molar-refractivity contribution in [3.05, 3.63) is 0 Å². The van der Waals surface area contributed by atoms with Crippen molar-refractivity contribution in [3.63, 3.8) is 0 Å². The van der Waals surface area contributed by atoms with Gasteiger partial charge in [-0.1, -0.05) is 58.8 Å². The van der Waals surface area contributed by atoms with Crippen molar-refractivity contribution in [2.75, 3.05) is 6.54 Å². The van der Waals surface area contributed by atoms with Gasteiger partial charge in [0.1, 0.15) is 0 Å². The largest absolute Gasteiger partial charge is 0.312 e. The van der Waals surface area contributed by atoms with E-state index in [4.69, 9.17) is 0 Å². The summed E-state index contributed by atoms with van der Waals surface area (Å²) in [7, 11) is 0. The Labute approximate surface area is 103 Å². The van der Waals surface area contributed by atoms with Crippen molar-refractivity contribution in [2.45, 2.75) is 91.0 Å². The summed E-state index contributed by atoms with van der Waals surface area (Å²) in [6.45, 7) is 10.4. The molecule has 0 aromatic heterocycles.